The number of benzene rings is 4. The maximum absolute atomic E-state index is 14.5. The van der Waals surface area contributed by atoms with Crippen molar-refractivity contribution in [2.24, 2.45) is 0 Å². The van der Waals surface area contributed by atoms with Crippen LogP contribution in [-0.2, 0) is 25.9 Å². The summed E-state index contributed by atoms with van der Waals surface area (Å²) < 4.78 is 0. The number of aliphatic hydroxyl groups is 1. The zero-order chi connectivity index (χ0) is 28.6. The molecule has 1 heterocycles. The minimum absolute atomic E-state index is 0.0426. The number of hydrogen-bond donors (Lipinski definition) is 3. The average molecular weight is 549 g/mol. The highest BCUT2D eigenvalue weighted by Gasteiger charge is 2.45. The molecule has 41 heavy (non-hydrogen) atoms. The summed E-state index contributed by atoms with van der Waals surface area (Å²) in [5.41, 5.74) is 6.35. The third-order valence-electron chi connectivity index (χ3n) is 8.08. The highest BCUT2D eigenvalue weighted by atomic mass is 16.3. The van der Waals surface area contributed by atoms with Crippen molar-refractivity contribution in [1.82, 2.24) is 9.80 Å². The van der Waals surface area contributed by atoms with E-state index in [4.69, 9.17) is 0 Å². The lowest BCUT2D eigenvalue weighted by atomic mass is 9.88. The maximum Gasteiger partial charge on any atom is 0.321 e. The SMILES string of the molecule is CNc1cccc(CN2C(=O)N(Cc3cccc(NC)c3)[C@H](Cc3ccccc3)[C@H](O)[C@H]2CCc2ccccc2)c1. The number of nitrogens with zero attached hydrogens (tertiary/aromatic N) is 2. The monoisotopic (exact) mass is 548 g/mol. The fourth-order valence-corrected chi connectivity index (χ4v) is 5.86. The van der Waals surface area contributed by atoms with Crippen LogP contribution < -0.4 is 10.6 Å². The fraction of sp³-hybridized carbons (Fsp3) is 0.286. The fourth-order valence-electron chi connectivity index (χ4n) is 5.86. The second-order valence-corrected chi connectivity index (χ2v) is 10.8. The summed E-state index contributed by atoms with van der Waals surface area (Å²) in [4.78, 5) is 18.3. The first-order chi connectivity index (χ1) is 20.1. The smallest absolute Gasteiger partial charge is 0.321 e. The van der Waals surface area contributed by atoms with Crippen LogP contribution in [0.4, 0.5) is 16.2 Å². The Morgan fingerprint density at radius 3 is 1.66 bits per heavy atom. The largest absolute Gasteiger partial charge is 0.389 e. The van der Waals surface area contributed by atoms with E-state index in [1.54, 1.807) is 0 Å². The summed E-state index contributed by atoms with van der Waals surface area (Å²) in [5, 5.41) is 18.5. The Hall–Kier alpha value is -4.29. The molecule has 0 radical (unpaired) electrons. The Labute approximate surface area is 243 Å². The number of aliphatic hydroxyl groups excluding tert-OH is 1. The molecule has 6 heteroatoms. The summed E-state index contributed by atoms with van der Waals surface area (Å²) in [6, 6.07) is 36.0. The van der Waals surface area contributed by atoms with Crippen LogP contribution in [0.1, 0.15) is 28.7 Å². The third kappa shape index (κ3) is 6.90. The summed E-state index contributed by atoms with van der Waals surface area (Å²) in [7, 11) is 3.79. The lowest BCUT2D eigenvalue weighted by Crippen LogP contribution is -2.66. The van der Waals surface area contributed by atoms with Gasteiger partial charge in [-0.3, -0.25) is 0 Å². The number of carbonyl (C=O) groups excluding carboxylic acids is 1. The topological polar surface area (TPSA) is 67.8 Å². The van der Waals surface area contributed by atoms with Gasteiger partial charge in [0.25, 0.3) is 0 Å². The molecule has 6 nitrogen and oxygen atoms in total. The summed E-state index contributed by atoms with van der Waals surface area (Å²) in [6.45, 7) is 0.845. The van der Waals surface area contributed by atoms with Crippen molar-refractivity contribution >= 4 is 17.4 Å². The molecule has 1 fully saturated rings. The lowest BCUT2D eigenvalue weighted by Gasteiger charge is -2.49. The molecule has 5 rings (SSSR count). The zero-order valence-corrected chi connectivity index (χ0v) is 23.9. The Morgan fingerprint density at radius 1 is 0.634 bits per heavy atom. The molecule has 0 aliphatic carbocycles. The van der Waals surface area contributed by atoms with Crippen LogP contribution in [0.3, 0.4) is 0 Å². The van der Waals surface area contributed by atoms with Gasteiger partial charge in [-0.25, -0.2) is 4.79 Å². The van der Waals surface area contributed by atoms with Crippen molar-refractivity contribution in [3.8, 4) is 0 Å². The van der Waals surface area contributed by atoms with Gasteiger partial charge in [0, 0.05) is 38.6 Å². The Bertz CT molecular complexity index is 1410. The molecular formula is C35H40N4O2. The summed E-state index contributed by atoms with van der Waals surface area (Å²) in [6.07, 6.45) is 1.32. The predicted molar refractivity (Wildman–Crippen MR) is 167 cm³/mol. The second kappa shape index (κ2) is 13.4. The van der Waals surface area contributed by atoms with Gasteiger partial charge in [-0.05, 0) is 65.8 Å². The maximum atomic E-state index is 14.5. The molecule has 1 saturated heterocycles. The molecule has 0 spiro atoms. The molecule has 0 aromatic heterocycles. The standard InChI is InChI=1S/C35H40N4O2/c1-36-30-17-9-15-28(21-30)24-38-32(20-19-26-11-5-3-6-12-26)34(40)33(23-27-13-7-4-8-14-27)39(35(38)41)25-29-16-10-18-31(22-29)37-2/h3-18,21-22,32-34,36-37,40H,19-20,23-25H2,1-2H3/t32-,33-,34-/m1/s1. The highest BCUT2D eigenvalue weighted by Crippen LogP contribution is 2.31. The Kier molecular flexibility index (Phi) is 9.22. The van der Waals surface area contributed by atoms with Crippen LogP contribution in [0.25, 0.3) is 0 Å². The minimum atomic E-state index is -0.725. The summed E-state index contributed by atoms with van der Waals surface area (Å²) >= 11 is 0. The molecule has 4 aromatic rings. The highest BCUT2D eigenvalue weighted by molar-refractivity contribution is 5.77. The number of rotatable bonds is 11. The number of anilines is 2. The van der Waals surface area contributed by atoms with E-state index < -0.39 is 6.10 Å². The van der Waals surface area contributed by atoms with Crippen LogP contribution in [-0.4, -0.2) is 53.2 Å². The van der Waals surface area contributed by atoms with Crippen LogP contribution in [0.15, 0.2) is 109 Å². The van der Waals surface area contributed by atoms with Gasteiger partial charge in [-0.1, -0.05) is 84.9 Å². The molecule has 3 N–H and O–H groups in total. The summed E-state index contributed by atoms with van der Waals surface area (Å²) in [5.74, 6) is 0. The molecule has 1 aliphatic heterocycles. The number of hydrogen-bond acceptors (Lipinski definition) is 4. The van der Waals surface area contributed by atoms with Gasteiger partial charge in [0.1, 0.15) is 0 Å². The first-order valence-corrected chi connectivity index (χ1v) is 14.4. The second-order valence-electron chi connectivity index (χ2n) is 10.8. The molecular weight excluding hydrogens is 508 g/mol. The van der Waals surface area contributed by atoms with E-state index in [2.05, 4.69) is 47.0 Å². The predicted octanol–water partition coefficient (Wildman–Crippen LogP) is 6.18. The third-order valence-corrected chi connectivity index (χ3v) is 8.08. The number of carbonyl (C=O) groups is 1. The van der Waals surface area contributed by atoms with Gasteiger partial charge in [0.2, 0.25) is 0 Å². The quantitative estimate of drug-likeness (QED) is 0.209. The molecule has 2 amide bonds. The Balaban J connectivity index is 1.51. The van der Waals surface area contributed by atoms with Crippen molar-refractivity contribution in [1.29, 1.82) is 0 Å². The molecule has 3 atom stereocenters. The van der Waals surface area contributed by atoms with E-state index in [-0.39, 0.29) is 18.1 Å². The average Bonchev–Trinajstić information content (AvgIpc) is 3.02. The van der Waals surface area contributed by atoms with E-state index in [9.17, 15) is 9.90 Å². The first kappa shape index (κ1) is 28.2. The molecule has 0 bridgehead atoms. The van der Waals surface area contributed by atoms with E-state index in [0.29, 0.717) is 25.9 Å². The van der Waals surface area contributed by atoms with Crippen molar-refractivity contribution < 1.29 is 9.90 Å². The van der Waals surface area contributed by atoms with Gasteiger partial charge in [-0.15, -0.1) is 0 Å². The normalized spacial score (nSPS) is 18.8. The van der Waals surface area contributed by atoms with Gasteiger partial charge in [-0.2, -0.15) is 0 Å². The van der Waals surface area contributed by atoms with Crippen LogP contribution in [0.2, 0.25) is 0 Å². The number of nitrogens with one attached hydrogen (secondary N) is 2. The van der Waals surface area contributed by atoms with Crippen LogP contribution in [0.5, 0.6) is 0 Å². The molecule has 4 aromatic carbocycles. The van der Waals surface area contributed by atoms with E-state index in [0.717, 1.165) is 34.5 Å². The lowest BCUT2D eigenvalue weighted by molar-refractivity contribution is -0.0453. The van der Waals surface area contributed by atoms with E-state index >= 15 is 0 Å². The minimum Gasteiger partial charge on any atom is -0.389 e. The van der Waals surface area contributed by atoms with Gasteiger partial charge in [0.15, 0.2) is 0 Å². The van der Waals surface area contributed by atoms with Crippen molar-refractivity contribution in [2.45, 2.75) is 50.5 Å². The van der Waals surface area contributed by atoms with E-state index in [1.807, 2.05) is 96.7 Å². The molecule has 0 saturated carbocycles. The number of aryl methyl sites for hydroxylation is 1. The van der Waals surface area contributed by atoms with Gasteiger partial charge >= 0.3 is 6.03 Å². The van der Waals surface area contributed by atoms with E-state index in [1.165, 1.54) is 5.56 Å². The zero-order valence-electron chi connectivity index (χ0n) is 23.9. The molecule has 0 unspecified atom stereocenters. The van der Waals surface area contributed by atoms with Crippen LogP contribution >= 0.6 is 0 Å². The number of amides is 2. The number of urea groups is 1. The van der Waals surface area contributed by atoms with Crippen LogP contribution in [0, 0.1) is 0 Å². The molecule has 212 valence electrons. The van der Waals surface area contributed by atoms with Crippen molar-refractivity contribution in [3.63, 3.8) is 0 Å². The van der Waals surface area contributed by atoms with Crippen molar-refractivity contribution in [3.05, 3.63) is 131 Å². The van der Waals surface area contributed by atoms with Gasteiger partial charge < -0.3 is 25.5 Å². The first-order valence-electron chi connectivity index (χ1n) is 14.4. The van der Waals surface area contributed by atoms with Crippen molar-refractivity contribution in [2.75, 3.05) is 24.7 Å². The van der Waals surface area contributed by atoms with Gasteiger partial charge in [0.05, 0.1) is 18.2 Å². The molecule has 1 aliphatic rings. The Morgan fingerprint density at radius 2 is 1.12 bits per heavy atom.